The Hall–Kier alpha value is -0.380. The Morgan fingerprint density at radius 3 is 2.89 bits per heavy atom. The molecule has 100 valence electrons. The molecule has 2 nitrogen and oxygen atoms in total. The summed E-state index contributed by atoms with van der Waals surface area (Å²) in [6.07, 6.45) is 4.17. The van der Waals surface area contributed by atoms with Gasteiger partial charge in [0.1, 0.15) is 0 Å². The first-order chi connectivity index (χ1) is 8.69. The Bertz CT molecular complexity index is 383. The summed E-state index contributed by atoms with van der Waals surface area (Å²) in [4.78, 5) is 0. The molecule has 1 heterocycles. The van der Waals surface area contributed by atoms with Gasteiger partial charge in [0.2, 0.25) is 0 Å². The second-order valence-corrected chi connectivity index (χ2v) is 5.98. The third-order valence-corrected chi connectivity index (χ3v) is 4.02. The molecule has 1 aromatic rings. The lowest BCUT2D eigenvalue weighted by Crippen LogP contribution is -2.41. The normalized spacial score (nSPS) is 25.3. The topological polar surface area (TPSA) is 21.3 Å². The molecular formula is C15H22BrNO. The fraction of sp³-hybridized carbons (Fsp3) is 0.600. The predicted octanol–water partition coefficient (Wildman–Crippen LogP) is 3.54. The molecule has 1 N–H and O–H groups in total. The molecule has 0 aliphatic carbocycles. The number of halogens is 1. The van der Waals surface area contributed by atoms with E-state index in [1.807, 2.05) is 0 Å². The van der Waals surface area contributed by atoms with Gasteiger partial charge < -0.3 is 10.1 Å². The van der Waals surface area contributed by atoms with Crippen LogP contribution in [-0.4, -0.2) is 24.8 Å². The number of likely N-dealkylation sites (N-methyl/N-ethyl adjacent to an activating group) is 1. The fourth-order valence-electron chi connectivity index (χ4n) is 2.64. The van der Waals surface area contributed by atoms with E-state index in [2.05, 4.69) is 59.4 Å². The lowest BCUT2D eigenvalue weighted by molar-refractivity contribution is 0.0324. The minimum absolute atomic E-state index is 0.360. The van der Waals surface area contributed by atoms with E-state index in [-0.39, 0.29) is 0 Å². The van der Waals surface area contributed by atoms with Gasteiger partial charge in [0.05, 0.1) is 12.2 Å². The standard InChI is InChI=1S/C15H22BrNO/c1-3-17-14(15-8-7-11(2)18-15)10-12-5-4-6-13(16)9-12/h4-6,9,11,14-15,17H,3,7-8,10H2,1-2H3. The van der Waals surface area contributed by atoms with Crippen molar-refractivity contribution in [3.05, 3.63) is 34.3 Å². The van der Waals surface area contributed by atoms with E-state index in [1.165, 1.54) is 18.4 Å². The molecule has 3 unspecified atom stereocenters. The molecule has 0 radical (unpaired) electrons. The van der Waals surface area contributed by atoms with Crippen molar-refractivity contribution in [1.82, 2.24) is 5.32 Å². The Morgan fingerprint density at radius 2 is 2.28 bits per heavy atom. The molecule has 0 aromatic heterocycles. The summed E-state index contributed by atoms with van der Waals surface area (Å²) in [5.41, 5.74) is 1.36. The Labute approximate surface area is 118 Å². The van der Waals surface area contributed by atoms with Crippen molar-refractivity contribution in [2.24, 2.45) is 0 Å². The highest BCUT2D eigenvalue weighted by Gasteiger charge is 2.29. The smallest absolute Gasteiger partial charge is 0.0735 e. The number of ether oxygens (including phenoxy) is 1. The van der Waals surface area contributed by atoms with Gasteiger partial charge in [0.25, 0.3) is 0 Å². The summed E-state index contributed by atoms with van der Waals surface area (Å²) < 4.78 is 7.15. The van der Waals surface area contributed by atoms with Gasteiger partial charge in [-0.3, -0.25) is 0 Å². The van der Waals surface area contributed by atoms with E-state index < -0.39 is 0 Å². The summed E-state index contributed by atoms with van der Waals surface area (Å²) in [5, 5.41) is 3.57. The molecule has 1 fully saturated rings. The largest absolute Gasteiger partial charge is 0.374 e. The first-order valence-corrected chi connectivity index (χ1v) is 7.61. The van der Waals surface area contributed by atoms with Crippen LogP contribution in [0.3, 0.4) is 0 Å². The Morgan fingerprint density at radius 1 is 1.44 bits per heavy atom. The van der Waals surface area contributed by atoms with Gasteiger partial charge in [0, 0.05) is 10.5 Å². The number of benzene rings is 1. The van der Waals surface area contributed by atoms with Crippen molar-refractivity contribution >= 4 is 15.9 Å². The lowest BCUT2D eigenvalue weighted by Gasteiger charge is -2.24. The van der Waals surface area contributed by atoms with Crippen LogP contribution in [0.1, 0.15) is 32.3 Å². The van der Waals surface area contributed by atoms with Crippen LogP contribution in [0.4, 0.5) is 0 Å². The second kappa shape index (κ2) is 6.69. The van der Waals surface area contributed by atoms with Crippen molar-refractivity contribution in [2.75, 3.05) is 6.54 Å². The molecule has 0 bridgehead atoms. The van der Waals surface area contributed by atoms with E-state index in [0.29, 0.717) is 18.2 Å². The van der Waals surface area contributed by atoms with Crippen LogP contribution < -0.4 is 5.32 Å². The molecular weight excluding hydrogens is 290 g/mol. The molecule has 18 heavy (non-hydrogen) atoms. The van der Waals surface area contributed by atoms with E-state index >= 15 is 0 Å². The van der Waals surface area contributed by atoms with Crippen molar-refractivity contribution in [3.63, 3.8) is 0 Å². The highest BCUT2D eigenvalue weighted by Crippen LogP contribution is 2.24. The van der Waals surface area contributed by atoms with Gasteiger partial charge in [0.15, 0.2) is 0 Å². The maximum atomic E-state index is 6.00. The van der Waals surface area contributed by atoms with Gasteiger partial charge >= 0.3 is 0 Å². The van der Waals surface area contributed by atoms with Crippen LogP contribution in [0.15, 0.2) is 28.7 Å². The fourth-order valence-corrected chi connectivity index (χ4v) is 3.09. The third kappa shape index (κ3) is 3.81. The molecule has 0 amide bonds. The Balaban J connectivity index is 2.01. The Kier molecular flexibility index (Phi) is 5.22. The number of hydrogen-bond acceptors (Lipinski definition) is 2. The molecule has 1 aliphatic rings. The first kappa shape index (κ1) is 14.0. The van der Waals surface area contributed by atoms with Gasteiger partial charge in [-0.25, -0.2) is 0 Å². The van der Waals surface area contributed by atoms with E-state index in [4.69, 9.17) is 4.74 Å². The zero-order chi connectivity index (χ0) is 13.0. The molecule has 3 heteroatoms. The van der Waals surface area contributed by atoms with Crippen LogP contribution in [0.2, 0.25) is 0 Å². The van der Waals surface area contributed by atoms with Crippen LogP contribution in [0.25, 0.3) is 0 Å². The van der Waals surface area contributed by atoms with E-state index in [0.717, 1.165) is 17.4 Å². The van der Waals surface area contributed by atoms with Gasteiger partial charge in [-0.2, -0.15) is 0 Å². The molecule has 0 spiro atoms. The van der Waals surface area contributed by atoms with Crippen LogP contribution in [0.5, 0.6) is 0 Å². The summed E-state index contributed by atoms with van der Waals surface area (Å²) in [5.74, 6) is 0. The molecule has 0 saturated carbocycles. The lowest BCUT2D eigenvalue weighted by atomic mass is 9.99. The molecule has 3 atom stereocenters. The van der Waals surface area contributed by atoms with Crippen molar-refractivity contribution in [3.8, 4) is 0 Å². The quantitative estimate of drug-likeness (QED) is 0.898. The van der Waals surface area contributed by atoms with Gasteiger partial charge in [-0.1, -0.05) is 35.0 Å². The van der Waals surface area contributed by atoms with Crippen molar-refractivity contribution in [2.45, 2.75) is 51.4 Å². The summed E-state index contributed by atoms with van der Waals surface area (Å²) in [7, 11) is 0. The van der Waals surface area contributed by atoms with E-state index in [9.17, 15) is 0 Å². The maximum absolute atomic E-state index is 6.00. The number of nitrogens with one attached hydrogen (secondary N) is 1. The SMILES string of the molecule is CCNC(Cc1cccc(Br)c1)C1CCC(C)O1. The van der Waals surface area contributed by atoms with Crippen molar-refractivity contribution < 1.29 is 4.74 Å². The first-order valence-electron chi connectivity index (χ1n) is 6.82. The molecule has 1 saturated heterocycles. The minimum Gasteiger partial charge on any atom is -0.374 e. The third-order valence-electron chi connectivity index (χ3n) is 3.52. The average molecular weight is 312 g/mol. The van der Waals surface area contributed by atoms with Gasteiger partial charge in [-0.05, 0) is 50.4 Å². The molecule has 1 aromatic carbocycles. The summed E-state index contributed by atoms with van der Waals surface area (Å²) in [6.45, 7) is 5.32. The number of rotatable bonds is 5. The molecule has 2 rings (SSSR count). The monoisotopic (exact) mass is 311 g/mol. The summed E-state index contributed by atoms with van der Waals surface area (Å²) in [6, 6.07) is 8.98. The number of hydrogen-bond donors (Lipinski definition) is 1. The highest BCUT2D eigenvalue weighted by atomic mass is 79.9. The predicted molar refractivity (Wildman–Crippen MR) is 78.9 cm³/mol. The van der Waals surface area contributed by atoms with Crippen LogP contribution >= 0.6 is 15.9 Å². The average Bonchev–Trinajstić information content (AvgIpc) is 2.75. The highest BCUT2D eigenvalue weighted by molar-refractivity contribution is 9.10. The minimum atomic E-state index is 0.360. The zero-order valence-electron chi connectivity index (χ0n) is 11.2. The maximum Gasteiger partial charge on any atom is 0.0735 e. The van der Waals surface area contributed by atoms with Crippen LogP contribution in [-0.2, 0) is 11.2 Å². The summed E-state index contributed by atoms with van der Waals surface area (Å²) >= 11 is 3.53. The van der Waals surface area contributed by atoms with E-state index in [1.54, 1.807) is 0 Å². The van der Waals surface area contributed by atoms with Crippen LogP contribution in [0, 0.1) is 0 Å². The zero-order valence-corrected chi connectivity index (χ0v) is 12.7. The second-order valence-electron chi connectivity index (χ2n) is 5.06. The van der Waals surface area contributed by atoms with Crippen molar-refractivity contribution in [1.29, 1.82) is 0 Å². The van der Waals surface area contributed by atoms with Gasteiger partial charge in [-0.15, -0.1) is 0 Å². The molecule has 1 aliphatic heterocycles.